The van der Waals surface area contributed by atoms with Gasteiger partial charge in [-0.15, -0.1) is 12.4 Å². The van der Waals surface area contributed by atoms with Crippen molar-refractivity contribution >= 4 is 34.0 Å². The Bertz CT molecular complexity index is 672. The number of ether oxygens (including phenoxy) is 2. The topological polar surface area (TPSA) is 81.9 Å². The Morgan fingerprint density at radius 2 is 1.96 bits per heavy atom. The molecule has 1 aliphatic rings. The average Bonchev–Trinajstić information content (AvgIpc) is 2.57. The molecule has 1 aromatic carbocycles. The van der Waals surface area contributed by atoms with Crippen LogP contribution in [-0.4, -0.2) is 51.7 Å². The number of sulfonamides is 1. The lowest BCUT2D eigenvalue weighted by Gasteiger charge is -2.31. The molecule has 11 heteroatoms. The van der Waals surface area contributed by atoms with Crippen molar-refractivity contribution in [3.05, 3.63) is 23.2 Å². The molecule has 0 aromatic heterocycles. The van der Waals surface area contributed by atoms with Crippen molar-refractivity contribution < 1.29 is 26.7 Å². The fourth-order valence-electron chi connectivity index (χ4n) is 2.56. The van der Waals surface area contributed by atoms with E-state index in [1.54, 1.807) is 0 Å². The predicted molar refractivity (Wildman–Crippen MR) is 96.7 cm³/mol. The van der Waals surface area contributed by atoms with Crippen LogP contribution >= 0.6 is 24.0 Å². The number of halogens is 4. The van der Waals surface area contributed by atoms with Gasteiger partial charge in [0.1, 0.15) is 5.75 Å². The predicted octanol–water partition coefficient (Wildman–Crippen LogP) is 2.88. The molecule has 0 unspecified atom stereocenters. The van der Waals surface area contributed by atoms with Crippen LogP contribution in [0.1, 0.15) is 19.3 Å². The molecule has 6 nitrogen and oxygen atoms in total. The molecule has 0 radical (unpaired) electrons. The first kappa shape index (κ1) is 23.3. The van der Waals surface area contributed by atoms with Gasteiger partial charge in [-0.1, -0.05) is 11.6 Å². The molecule has 1 aliphatic heterocycles. The standard InChI is InChI=1S/C15H21ClF2N2O4S.ClH/c16-13-10-12(2-3-14(13)24-15(17)18)25(21,22)20-7-4-11(5-8-20)23-9-1-6-19;/h2-3,10-11,15H,1,4-9,19H2;1H. The first-order valence-corrected chi connectivity index (χ1v) is 9.72. The molecule has 0 atom stereocenters. The summed E-state index contributed by atoms with van der Waals surface area (Å²) in [6.45, 7) is -1.27. The molecule has 0 saturated carbocycles. The van der Waals surface area contributed by atoms with E-state index in [9.17, 15) is 17.2 Å². The van der Waals surface area contributed by atoms with Crippen LogP contribution in [0.4, 0.5) is 8.78 Å². The SMILES string of the molecule is Cl.NCCCOC1CCN(S(=O)(=O)c2ccc(OC(F)F)c(Cl)c2)CC1. The Balaban J connectivity index is 0.00000338. The molecule has 1 saturated heterocycles. The maximum Gasteiger partial charge on any atom is 0.387 e. The average molecular weight is 435 g/mol. The number of piperidine rings is 1. The van der Waals surface area contributed by atoms with E-state index in [0.717, 1.165) is 18.6 Å². The summed E-state index contributed by atoms with van der Waals surface area (Å²) in [4.78, 5) is -0.0541. The fourth-order valence-corrected chi connectivity index (χ4v) is 4.34. The van der Waals surface area contributed by atoms with Gasteiger partial charge in [0.15, 0.2) is 0 Å². The quantitative estimate of drug-likeness (QED) is 0.636. The molecule has 1 heterocycles. The molecule has 0 bridgehead atoms. The van der Waals surface area contributed by atoms with Gasteiger partial charge in [-0.3, -0.25) is 0 Å². The monoisotopic (exact) mass is 434 g/mol. The van der Waals surface area contributed by atoms with Crippen molar-refractivity contribution in [2.24, 2.45) is 5.73 Å². The van der Waals surface area contributed by atoms with Gasteiger partial charge in [-0.05, 0) is 44.0 Å². The van der Waals surface area contributed by atoms with Gasteiger partial charge in [0, 0.05) is 19.7 Å². The molecular weight excluding hydrogens is 413 g/mol. The number of alkyl halides is 2. The summed E-state index contributed by atoms with van der Waals surface area (Å²) in [6, 6.07) is 3.46. The van der Waals surface area contributed by atoms with E-state index in [0.29, 0.717) is 39.1 Å². The number of nitrogens with zero attached hydrogens (tertiary/aromatic N) is 1. The van der Waals surface area contributed by atoms with Gasteiger partial charge in [-0.25, -0.2) is 8.42 Å². The molecular formula is C15H22Cl2F2N2O4S. The molecule has 0 aliphatic carbocycles. The molecule has 0 spiro atoms. The summed E-state index contributed by atoms with van der Waals surface area (Å²) in [5.74, 6) is -0.261. The lowest BCUT2D eigenvalue weighted by molar-refractivity contribution is -0.0498. The van der Waals surface area contributed by atoms with Crippen molar-refractivity contribution in [3.63, 3.8) is 0 Å². The largest absolute Gasteiger partial charge is 0.433 e. The zero-order valence-electron chi connectivity index (χ0n) is 13.9. The Labute approximate surface area is 163 Å². The maximum atomic E-state index is 12.7. The summed E-state index contributed by atoms with van der Waals surface area (Å²) < 4.78 is 61.0. The van der Waals surface area contributed by atoms with Gasteiger partial charge in [0.2, 0.25) is 10.0 Å². The van der Waals surface area contributed by atoms with Crippen LogP contribution in [0.5, 0.6) is 5.75 Å². The number of nitrogens with two attached hydrogens (primary N) is 1. The van der Waals surface area contributed by atoms with Crippen molar-refractivity contribution in [3.8, 4) is 5.75 Å². The Hall–Kier alpha value is -0.710. The highest BCUT2D eigenvalue weighted by Crippen LogP contribution is 2.30. The first-order valence-electron chi connectivity index (χ1n) is 7.90. The normalized spacial score (nSPS) is 16.5. The van der Waals surface area contributed by atoms with E-state index < -0.39 is 16.6 Å². The second-order valence-electron chi connectivity index (χ2n) is 5.59. The second kappa shape index (κ2) is 10.6. The van der Waals surface area contributed by atoms with Crippen molar-refractivity contribution in [2.45, 2.75) is 36.9 Å². The minimum absolute atomic E-state index is 0. The van der Waals surface area contributed by atoms with E-state index in [-0.39, 0.29) is 34.2 Å². The Morgan fingerprint density at radius 3 is 2.50 bits per heavy atom. The minimum atomic E-state index is -3.75. The third kappa shape index (κ3) is 6.17. The highest BCUT2D eigenvalue weighted by Gasteiger charge is 2.30. The lowest BCUT2D eigenvalue weighted by atomic mass is 10.1. The van der Waals surface area contributed by atoms with Crippen LogP contribution in [0, 0.1) is 0 Å². The van der Waals surface area contributed by atoms with Crippen LogP contribution in [0.2, 0.25) is 5.02 Å². The third-order valence-electron chi connectivity index (χ3n) is 3.86. The van der Waals surface area contributed by atoms with E-state index in [1.165, 1.54) is 10.4 Å². The van der Waals surface area contributed by atoms with Crippen LogP contribution in [-0.2, 0) is 14.8 Å². The molecule has 2 N–H and O–H groups in total. The van der Waals surface area contributed by atoms with Gasteiger partial charge in [0.25, 0.3) is 0 Å². The van der Waals surface area contributed by atoms with Crippen LogP contribution in [0.25, 0.3) is 0 Å². The smallest absolute Gasteiger partial charge is 0.387 e. The number of benzene rings is 1. The summed E-state index contributed by atoms with van der Waals surface area (Å²) in [5.41, 5.74) is 5.41. The van der Waals surface area contributed by atoms with Gasteiger partial charge < -0.3 is 15.2 Å². The van der Waals surface area contributed by atoms with E-state index in [2.05, 4.69) is 4.74 Å². The van der Waals surface area contributed by atoms with Crippen LogP contribution < -0.4 is 10.5 Å². The molecule has 0 amide bonds. The van der Waals surface area contributed by atoms with Crippen LogP contribution in [0.15, 0.2) is 23.1 Å². The zero-order chi connectivity index (χ0) is 18.4. The van der Waals surface area contributed by atoms with Gasteiger partial charge in [-0.2, -0.15) is 13.1 Å². The van der Waals surface area contributed by atoms with E-state index >= 15 is 0 Å². The van der Waals surface area contributed by atoms with E-state index in [4.69, 9.17) is 22.1 Å². The number of rotatable bonds is 8. The molecule has 2 rings (SSSR count). The van der Waals surface area contributed by atoms with Gasteiger partial charge >= 0.3 is 6.61 Å². The highest BCUT2D eigenvalue weighted by molar-refractivity contribution is 7.89. The van der Waals surface area contributed by atoms with E-state index in [1.807, 2.05) is 0 Å². The third-order valence-corrected chi connectivity index (χ3v) is 6.05. The lowest BCUT2D eigenvalue weighted by Crippen LogP contribution is -2.41. The zero-order valence-corrected chi connectivity index (χ0v) is 16.3. The van der Waals surface area contributed by atoms with Crippen molar-refractivity contribution in [2.75, 3.05) is 26.2 Å². The molecule has 150 valence electrons. The number of hydrogen-bond donors (Lipinski definition) is 1. The fraction of sp³-hybridized carbons (Fsp3) is 0.600. The summed E-state index contributed by atoms with van der Waals surface area (Å²) >= 11 is 5.84. The summed E-state index contributed by atoms with van der Waals surface area (Å²) in [7, 11) is -3.75. The van der Waals surface area contributed by atoms with Crippen molar-refractivity contribution in [1.29, 1.82) is 0 Å². The highest BCUT2D eigenvalue weighted by atomic mass is 35.5. The summed E-state index contributed by atoms with van der Waals surface area (Å²) in [6.07, 6.45) is 1.96. The maximum absolute atomic E-state index is 12.7. The van der Waals surface area contributed by atoms with Gasteiger partial charge in [0.05, 0.1) is 16.0 Å². The Kier molecular flexibility index (Phi) is 9.49. The Morgan fingerprint density at radius 1 is 1.31 bits per heavy atom. The number of hydrogen-bond acceptors (Lipinski definition) is 5. The molecule has 1 fully saturated rings. The minimum Gasteiger partial charge on any atom is -0.433 e. The van der Waals surface area contributed by atoms with Crippen LogP contribution in [0.3, 0.4) is 0 Å². The van der Waals surface area contributed by atoms with Crippen molar-refractivity contribution in [1.82, 2.24) is 4.31 Å². The summed E-state index contributed by atoms with van der Waals surface area (Å²) in [5, 5.41) is -0.179. The second-order valence-corrected chi connectivity index (χ2v) is 7.93. The first-order chi connectivity index (χ1) is 11.8. The molecule has 1 aromatic rings. The molecule has 26 heavy (non-hydrogen) atoms.